The monoisotopic (exact) mass is 374 g/mol. The van der Waals surface area contributed by atoms with Gasteiger partial charge in [-0.2, -0.15) is 0 Å². The van der Waals surface area contributed by atoms with Gasteiger partial charge < -0.3 is 13.1 Å². The van der Waals surface area contributed by atoms with Crippen molar-refractivity contribution in [3.05, 3.63) is 0 Å². The maximum Gasteiger partial charge on any atom is 2.00 e. The van der Waals surface area contributed by atoms with Gasteiger partial charge in [0.05, 0.1) is 0 Å². The molecule has 4 nitrogen and oxygen atoms in total. The average Bonchev–Trinajstić information content (AvgIpc) is 1.36. The van der Waals surface area contributed by atoms with Crippen molar-refractivity contribution in [3.63, 3.8) is 0 Å². The molecule has 0 atom stereocenters. The van der Waals surface area contributed by atoms with Crippen LogP contribution in [0.4, 0.5) is 0 Å². The van der Waals surface area contributed by atoms with Gasteiger partial charge in [-0.1, -0.05) is 0 Å². The fraction of sp³-hybridized carbons (Fsp3) is 0. The number of hydrogen-bond acceptors (Lipinski definition) is 2. The SMILES string of the molecule is O=C(O)C(=O)O.[H-].[H-].[La].[Mn].[Sr+2]. The number of carbonyl (C=O) groups is 2. The molecule has 0 fully saturated rings. The summed E-state index contributed by atoms with van der Waals surface area (Å²) in [7, 11) is 0. The molecule has 0 heterocycles. The molecule has 0 aromatic rings. The molecule has 0 aliphatic rings. The molecule has 0 spiro atoms. The van der Waals surface area contributed by atoms with Crippen molar-refractivity contribution in [1.82, 2.24) is 0 Å². The average molecular weight is 374 g/mol. The largest absolute Gasteiger partial charge is 2.00 e. The summed E-state index contributed by atoms with van der Waals surface area (Å²) in [5, 5.41) is 14.8. The summed E-state index contributed by atoms with van der Waals surface area (Å²) in [5.74, 6) is -3.65. The number of hydrogen-bond donors (Lipinski definition) is 2. The van der Waals surface area contributed by atoms with Crippen LogP contribution in [0.3, 0.4) is 0 Å². The number of carboxylic acid groups (broad SMARTS) is 2. The minimum absolute atomic E-state index is 0. The minimum atomic E-state index is -1.82. The molecule has 9 heavy (non-hydrogen) atoms. The van der Waals surface area contributed by atoms with Gasteiger partial charge in [0, 0.05) is 52.7 Å². The van der Waals surface area contributed by atoms with Gasteiger partial charge in [-0.3, -0.25) is 0 Å². The Labute approximate surface area is 130 Å². The molecule has 0 amide bonds. The van der Waals surface area contributed by atoms with Crippen molar-refractivity contribution < 1.29 is 75.3 Å². The smallest absolute Gasteiger partial charge is 1.00 e. The van der Waals surface area contributed by atoms with Gasteiger partial charge in [0.15, 0.2) is 0 Å². The van der Waals surface area contributed by atoms with Crippen LogP contribution in [0.25, 0.3) is 0 Å². The zero-order valence-corrected chi connectivity index (χ0v) is 12.7. The van der Waals surface area contributed by atoms with Crippen LogP contribution in [0, 0.1) is 35.6 Å². The van der Waals surface area contributed by atoms with Gasteiger partial charge in [-0.15, -0.1) is 0 Å². The maximum atomic E-state index is 9.10. The van der Waals surface area contributed by atoms with E-state index in [4.69, 9.17) is 19.8 Å². The molecule has 2 radical (unpaired) electrons. The topological polar surface area (TPSA) is 74.6 Å². The summed E-state index contributed by atoms with van der Waals surface area (Å²) in [5.41, 5.74) is 0. The van der Waals surface area contributed by atoms with E-state index in [0.29, 0.717) is 0 Å². The van der Waals surface area contributed by atoms with Crippen LogP contribution in [-0.2, 0) is 26.7 Å². The van der Waals surface area contributed by atoms with Crippen LogP contribution in [0.5, 0.6) is 0 Å². The third-order valence-electron chi connectivity index (χ3n) is 0.183. The van der Waals surface area contributed by atoms with E-state index in [2.05, 4.69) is 0 Å². The van der Waals surface area contributed by atoms with Crippen LogP contribution < -0.4 is 0 Å². The Balaban J connectivity index is -0.0000000125. The van der Waals surface area contributed by atoms with Crippen molar-refractivity contribution >= 4 is 57.4 Å². The third-order valence-corrected chi connectivity index (χ3v) is 0.183. The normalized spacial score (nSPS) is 4.89. The van der Waals surface area contributed by atoms with Gasteiger partial charge in [0.25, 0.3) is 0 Å². The van der Waals surface area contributed by atoms with Gasteiger partial charge >= 0.3 is 57.4 Å². The predicted octanol–water partition coefficient (Wildman–Crippen LogP) is -1.00. The molecule has 0 saturated heterocycles. The summed E-state index contributed by atoms with van der Waals surface area (Å²) in [6, 6.07) is 0. The van der Waals surface area contributed by atoms with E-state index in [0.717, 1.165) is 0 Å². The van der Waals surface area contributed by atoms with Gasteiger partial charge in [0.2, 0.25) is 0 Å². The number of rotatable bonds is 0. The molecule has 7 heteroatoms. The summed E-state index contributed by atoms with van der Waals surface area (Å²) >= 11 is 0. The molecule has 0 aromatic carbocycles. The second-order valence-corrected chi connectivity index (χ2v) is 0.610. The Morgan fingerprint density at radius 3 is 1.22 bits per heavy atom. The van der Waals surface area contributed by atoms with Crippen molar-refractivity contribution in [1.29, 1.82) is 0 Å². The number of carboxylic acids is 2. The first kappa shape index (κ1) is 22.5. The van der Waals surface area contributed by atoms with Crippen molar-refractivity contribution in [2.75, 3.05) is 0 Å². The summed E-state index contributed by atoms with van der Waals surface area (Å²) in [6.45, 7) is 0. The molecule has 0 bridgehead atoms. The Kier molecular flexibility index (Phi) is 31.9. The molecule has 0 aromatic heterocycles. The second kappa shape index (κ2) is 12.8. The Morgan fingerprint density at radius 2 is 1.22 bits per heavy atom. The van der Waals surface area contributed by atoms with Gasteiger partial charge in [-0.05, 0) is 0 Å². The molecule has 0 unspecified atom stereocenters. The summed E-state index contributed by atoms with van der Waals surface area (Å²) in [6.07, 6.45) is 0. The summed E-state index contributed by atoms with van der Waals surface area (Å²) < 4.78 is 0. The quantitative estimate of drug-likeness (QED) is 0.422. The molecular formula is C2H4LaMnO4Sr. The molecule has 0 saturated carbocycles. The van der Waals surface area contributed by atoms with E-state index in [1.807, 2.05) is 0 Å². The van der Waals surface area contributed by atoms with E-state index >= 15 is 0 Å². The van der Waals surface area contributed by atoms with Crippen LogP contribution in [-0.4, -0.2) is 67.6 Å². The second-order valence-electron chi connectivity index (χ2n) is 0.610. The molecule has 0 aliphatic carbocycles. The van der Waals surface area contributed by atoms with Crippen molar-refractivity contribution in [2.24, 2.45) is 0 Å². The molecule has 0 rings (SSSR count). The fourth-order valence-electron chi connectivity index (χ4n) is 0. The van der Waals surface area contributed by atoms with E-state index in [9.17, 15) is 0 Å². The zero-order chi connectivity index (χ0) is 5.15. The van der Waals surface area contributed by atoms with E-state index in [-0.39, 0.29) is 101 Å². The molecular weight excluding hydrogens is 369 g/mol. The first-order valence-corrected chi connectivity index (χ1v) is 1.11. The standard InChI is InChI=1S/C2H2O4.La.Mn.Sr.2H/c3-1(4)2(5)6;;;;;/h(H,3,4)(H,5,6);;;;;/q;;;+2;2*-1. The Bertz CT molecular complexity index is 92.1. The molecule has 0 aliphatic heterocycles. The van der Waals surface area contributed by atoms with Crippen LogP contribution in [0.1, 0.15) is 2.85 Å². The van der Waals surface area contributed by atoms with Gasteiger partial charge in [0.1, 0.15) is 0 Å². The minimum Gasteiger partial charge on any atom is -1.00 e. The first-order valence-electron chi connectivity index (χ1n) is 1.11. The van der Waals surface area contributed by atoms with E-state index in [1.54, 1.807) is 0 Å². The van der Waals surface area contributed by atoms with E-state index in [1.165, 1.54) is 0 Å². The van der Waals surface area contributed by atoms with Crippen molar-refractivity contribution in [3.8, 4) is 0 Å². The zero-order valence-electron chi connectivity index (χ0n) is 6.37. The van der Waals surface area contributed by atoms with Crippen LogP contribution >= 0.6 is 0 Å². The van der Waals surface area contributed by atoms with Crippen LogP contribution in [0.2, 0.25) is 0 Å². The number of aliphatic carboxylic acids is 2. The molecule has 2 N–H and O–H groups in total. The van der Waals surface area contributed by atoms with Crippen LogP contribution in [0.15, 0.2) is 0 Å². The fourth-order valence-corrected chi connectivity index (χ4v) is 0. The first-order chi connectivity index (χ1) is 2.64. The maximum absolute atomic E-state index is 9.10. The Morgan fingerprint density at radius 1 is 1.11 bits per heavy atom. The third kappa shape index (κ3) is 17.8. The van der Waals surface area contributed by atoms with E-state index < -0.39 is 11.9 Å². The predicted molar refractivity (Wildman–Crippen MR) is 23.2 cm³/mol. The van der Waals surface area contributed by atoms with Gasteiger partial charge in [-0.25, -0.2) is 9.59 Å². The summed E-state index contributed by atoms with van der Waals surface area (Å²) in [4.78, 5) is 18.2. The van der Waals surface area contributed by atoms with Crippen molar-refractivity contribution in [2.45, 2.75) is 0 Å². The Hall–Kier alpha value is 2.13. The molecule has 48 valence electrons.